The molecule has 0 aliphatic rings. The summed E-state index contributed by atoms with van der Waals surface area (Å²) in [4.78, 5) is 0.213. The Labute approximate surface area is 121 Å². The molecule has 0 aromatic heterocycles. The Morgan fingerprint density at radius 3 is 2.50 bits per heavy atom. The highest BCUT2D eigenvalue weighted by Crippen LogP contribution is 2.17. The topological polar surface area (TPSA) is 70.0 Å². The van der Waals surface area contributed by atoms with Crippen molar-refractivity contribution in [2.24, 2.45) is 5.92 Å². The van der Waals surface area contributed by atoms with Crippen LogP contribution in [0.5, 0.6) is 0 Å². The number of nitriles is 1. The summed E-state index contributed by atoms with van der Waals surface area (Å²) in [5.74, 6) is 0.482. The second kappa shape index (κ2) is 6.87. The fourth-order valence-electron chi connectivity index (χ4n) is 2.08. The van der Waals surface area contributed by atoms with Crippen LogP contribution in [0.1, 0.15) is 44.7 Å². The number of aryl methyl sites for hydroxylation is 1. The summed E-state index contributed by atoms with van der Waals surface area (Å²) in [6, 6.07) is 6.49. The minimum Gasteiger partial charge on any atom is -0.208 e. The summed E-state index contributed by atoms with van der Waals surface area (Å²) in [7, 11) is -3.52. The molecule has 0 saturated carbocycles. The Kier molecular flexibility index (Phi) is 5.73. The maximum absolute atomic E-state index is 12.3. The predicted octanol–water partition coefficient (Wildman–Crippen LogP) is 2.97. The van der Waals surface area contributed by atoms with Crippen molar-refractivity contribution in [1.29, 1.82) is 5.26 Å². The van der Waals surface area contributed by atoms with Crippen molar-refractivity contribution in [1.82, 2.24) is 4.72 Å². The lowest BCUT2D eigenvalue weighted by atomic mass is 10.0. The van der Waals surface area contributed by atoms with Crippen molar-refractivity contribution < 1.29 is 8.42 Å². The standard InChI is InChI=1S/C15H22N2O2S/c1-5-11(2)8-13(4)17-20(18,19)15-7-6-14(10-16)12(3)9-15/h6-7,9,11,13,17H,5,8H2,1-4H3. The molecule has 0 aliphatic carbocycles. The number of nitrogens with zero attached hydrogens (tertiary/aromatic N) is 1. The molecule has 0 radical (unpaired) electrons. The van der Waals surface area contributed by atoms with Gasteiger partial charge in [-0.2, -0.15) is 5.26 Å². The van der Waals surface area contributed by atoms with Crippen LogP contribution >= 0.6 is 0 Å². The van der Waals surface area contributed by atoms with Crippen LogP contribution < -0.4 is 4.72 Å². The monoisotopic (exact) mass is 294 g/mol. The summed E-state index contributed by atoms with van der Waals surface area (Å²) >= 11 is 0. The third kappa shape index (κ3) is 4.32. The first-order valence-electron chi connectivity index (χ1n) is 6.83. The van der Waals surface area contributed by atoms with Crippen molar-refractivity contribution in [2.75, 3.05) is 0 Å². The van der Waals surface area contributed by atoms with E-state index in [4.69, 9.17) is 5.26 Å². The van der Waals surface area contributed by atoms with Gasteiger partial charge in [-0.1, -0.05) is 20.3 Å². The van der Waals surface area contributed by atoms with E-state index in [-0.39, 0.29) is 10.9 Å². The lowest BCUT2D eigenvalue weighted by Crippen LogP contribution is -2.33. The Bertz CT molecular complexity index is 603. The largest absolute Gasteiger partial charge is 0.240 e. The van der Waals surface area contributed by atoms with Gasteiger partial charge < -0.3 is 0 Å². The van der Waals surface area contributed by atoms with Crippen LogP contribution in [0.2, 0.25) is 0 Å². The zero-order chi connectivity index (χ0) is 15.3. The number of benzene rings is 1. The van der Waals surface area contributed by atoms with Crippen LogP contribution in [-0.2, 0) is 10.0 Å². The zero-order valence-corrected chi connectivity index (χ0v) is 13.3. The summed E-state index contributed by atoms with van der Waals surface area (Å²) < 4.78 is 27.2. The van der Waals surface area contributed by atoms with Gasteiger partial charge in [-0.05, 0) is 49.9 Å². The summed E-state index contributed by atoms with van der Waals surface area (Å²) in [6.07, 6.45) is 1.84. The molecule has 2 unspecified atom stereocenters. The molecule has 110 valence electrons. The van der Waals surface area contributed by atoms with Crippen LogP contribution in [0.4, 0.5) is 0 Å². The van der Waals surface area contributed by atoms with Gasteiger partial charge in [0.1, 0.15) is 0 Å². The second-order valence-electron chi connectivity index (χ2n) is 5.36. The van der Waals surface area contributed by atoms with Crippen molar-refractivity contribution in [3.8, 4) is 6.07 Å². The molecule has 5 heteroatoms. The molecule has 2 atom stereocenters. The maximum atomic E-state index is 12.3. The molecule has 0 heterocycles. The molecule has 0 spiro atoms. The van der Waals surface area contributed by atoms with Gasteiger partial charge >= 0.3 is 0 Å². The molecule has 1 N–H and O–H groups in total. The SMILES string of the molecule is CCC(C)CC(C)NS(=O)(=O)c1ccc(C#N)c(C)c1. The Hall–Kier alpha value is -1.38. The summed E-state index contributed by atoms with van der Waals surface area (Å²) in [5.41, 5.74) is 1.17. The van der Waals surface area contributed by atoms with Gasteiger partial charge in [0.15, 0.2) is 0 Å². The first-order chi connectivity index (χ1) is 9.30. The van der Waals surface area contributed by atoms with Crippen molar-refractivity contribution >= 4 is 10.0 Å². The van der Waals surface area contributed by atoms with Crippen molar-refractivity contribution in [3.05, 3.63) is 29.3 Å². The molecule has 1 aromatic rings. The van der Waals surface area contributed by atoms with Gasteiger partial charge in [-0.15, -0.1) is 0 Å². The Morgan fingerprint density at radius 2 is 2.00 bits per heavy atom. The van der Waals surface area contributed by atoms with Gasteiger partial charge in [0.2, 0.25) is 10.0 Å². The van der Waals surface area contributed by atoms with Gasteiger partial charge in [-0.3, -0.25) is 0 Å². The number of hydrogen-bond donors (Lipinski definition) is 1. The number of rotatable bonds is 6. The smallest absolute Gasteiger partial charge is 0.208 e. The van der Waals surface area contributed by atoms with Crippen molar-refractivity contribution in [2.45, 2.75) is 51.5 Å². The molecule has 0 saturated heterocycles. The quantitative estimate of drug-likeness (QED) is 0.877. The van der Waals surface area contributed by atoms with E-state index < -0.39 is 10.0 Å². The Balaban J connectivity index is 2.89. The van der Waals surface area contributed by atoms with E-state index in [1.165, 1.54) is 12.1 Å². The molecule has 1 aromatic carbocycles. The zero-order valence-electron chi connectivity index (χ0n) is 12.5. The summed E-state index contributed by atoms with van der Waals surface area (Å²) in [6.45, 7) is 7.81. The highest BCUT2D eigenvalue weighted by Gasteiger charge is 2.19. The average molecular weight is 294 g/mol. The third-order valence-electron chi connectivity index (χ3n) is 3.44. The van der Waals surface area contributed by atoms with Crippen molar-refractivity contribution in [3.63, 3.8) is 0 Å². The van der Waals surface area contributed by atoms with E-state index in [9.17, 15) is 8.42 Å². The molecule has 0 amide bonds. The molecule has 4 nitrogen and oxygen atoms in total. The highest BCUT2D eigenvalue weighted by molar-refractivity contribution is 7.89. The average Bonchev–Trinajstić information content (AvgIpc) is 2.37. The molecular weight excluding hydrogens is 272 g/mol. The fraction of sp³-hybridized carbons (Fsp3) is 0.533. The van der Waals surface area contributed by atoms with E-state index >= 15 is 0 Å². The first kappa shape index (κ1) is 16.7. The molecule has 20 heavy (non-hydrogen) atoms. The van der Waals surface area contributed by atoms with Crippen LogP contribution in [0.15, 0.2) is 23.1 Å². The van der Waals surface area contributed by atoms with E-state index in [0.29, 0.717) is 17.0 Å². The fourth-order valence-corrected chi connectivity index (χ4v) is 3.42. The molecule has 0 bridgehead atoms. The molecule has 0 aliphatic heterocycles. The molecule has 0 fully saturated rings. The van der Waals surface area contributed by atoms with E-state index in [1.807, 2.05) is 13.0 Å². The van der Waals surface area contributed by atoms with Crippen LogP contribution in [-0.4, -0.2) is 14.5 Å². The van der Waals surface area contributed by atoms with Gasteiger partial charge in [-0.25, -0.2) is 13.1 Å². The maximum Gasteiger partial charge on any atom is 0.240 e. The first-order valence-corrected chi connectivity index (χ1v) is 8.31. The highest BCUT2D eigenvalue weighted by atomic mass is 32.2. The normalized spacial score (nSPS) is 14.6. The number of nitrogens with one attached hydrogen (secondary N) is 1. The number of hydrogen-bond acceptors (Lipinski definition) is 3. The van der Waals surface area contributed by atoms with Gasteiger partial charge in [0.25, 0.3) is 0 Å². The van der Waals surface area contributed by atoms with Gasteiger partial charge in [0, 0.05) is 6.04 Å². The lowest BCUT2D eigenvalue weighted by molar-refractivity contribution is 0.445. The predicted molar refractivity (Wildman–Crippen MR) is 79.7 cm³/mol. The minimum absolute atomic E-state index is 0.106. The summed E-state index contributed by atoms with van der Waals surface area (Å²) in [5, 5.41) is 8.87. The molecule has 1 rings (SSSR count). The minimum atomic E-state index is -3.52. The van der Waals surface area contributed by atoms with Crippen LogP contribution in [0, 0.1) is 24.2 Å². The second-order valence-corrected chi connectivity index (χ2v) is 7.07. The third-order valence-corrected chi connectivity index (χ3v) is 5.03. The van der Waals surface area contributed by atoms with Gasteiger partial charge in [0.05, 0.1) is 16.5 Å². The lowest BCUT2D eigenvalue weighted by Gasteiger charge is -2.17. The number of sulfonamides is 1. The van der Waals surface area contributed by atoms with E-state index in [1.54, 1.807) is 13.0 Å². The molecular formula is C15H22N2O2S. The van der Waals surface area contributed by atoms with Crippen LogP contribution in [0.3, 0.4) is 0 Å². The van der Waals surface area contributed by atoms with Crippen LogP contribution in [0.25, 0.3) is 0 Å². The van der Waals surface area contributed by atoms with E-state index in [0.717, 1.165) is 12.8 Å². The van der Waals surface area contributed by atoms with E-state index in [2.05, 4.69) is 18.6 Å². The Morgan fingerprint density at radius 1 is 1.35 bits per heavy atom.